The quantitative estimate of drug-likeness (QED) is 0.295. The number of para-hydroxylation sites is 1. The van der Waals surface area contributed by atoms with Crippen LogP contribution in [0.3, 0.4) is 0 Å². The normalized spacial score (nSPS) is 25.6. The smallest absolute Gasteiger partial charge is 0.326 e. The SMILES string of the molecule is O=C1Oc2ccccc2[C@H]2C(c3ccccc3)C[C@@]12C(=O)c1ccccc1. The van der Waals surface area contributed by atoms with Crippen molar-refractivity contribution in [1.82, 2.24) is 0 Å². The van der Waals surface area contributed by atoms with Crippen molar-refractivity contribution in [3.05, 3.63) is 102 Å². The molecule has 3 atom stereocenters. The number of ketones is 1. The molecule has 0 amide bonds. The van der Waals surface area contributed by atoms with Crippen LogP contribution in [-0.4, -0.2) is 11.8 Å². The Bertz CT molecular complexity index is 1030. The average molecular weight is 354 g/mol. The van der Waals surface area contributed by atoms with Crippen molar-refractivity contribution >= 4 is 11.8 Å². The highest BCUT2D eigenvalue weighted by Crippen LogP contribution is 2.66. The summed E-state index contributed by atoms with van der Waals surface area (Å²) in [6, 6.07) is 26.8. The van der Waals surface area contributed by atoms with E-state index in [-0.39, 0.29) is 17.6 Å². The van der Waals surface area contributed by atoms with Crippen LogP contribution < -0.4 is 4.74 Å². The summed E-state index contributed by atoms with van der Waals surface area (Å²) in [5.74, 6) is -0.0745. The van der Waals surface area contributed by atoms with Gasteiger partial charge in [0.1, 0.15) is 11.2 Å². The van der Waals surface area contributed by atoms with Crippen molar-refractivity contribution in [2.24, 2.45) is 5.41 Å². The topological polar surface area (TPSA) is 43.4 Å². The van der Waals surface area contributed by atoms with E-state index in [2.05, 4.69) is 12.1 Å². The number of hydrogen-bond acceptors (Lipinski definition) is 3. The van der Waals surface area contributed by atoms with Crippen LogP contribution in [0.15, 0.2) is 84.9 Å². The molecule has 1 aliphatic heterocycles. The van der Waals surface area contributed by atoms with Gasteiger partial charge in [-0.25, -0.2) is 0 Å². The molecule has 0 N–H and O–H groups in total. The van der Waals surface area contributed by atoms with E-state index in [1.807, 2.05) is 60.7 Å². The molecule has 3 aromatic rings. The van der Waals surface area contributed by atoms with Crippen LogP contribution in [0.2, 0.25) is 0 Å². The minimum atomic E-state index is -1.14. The van der Waals surface area contributed by atoms with Crippen LogP contribution in [-0.2, 0) is 4.79 Å². The van der Waals surface area contributed by atoms with Crippen molar-refractivity contribution < 1.29 is 14.3 Å². The number of rotatable bonds is 3. The van der Waals surface area contributed by atoms with Gasteiger partial charge in [-0.3, -0.25) is 9.59 Å². The van der Waals surface area contributed by atoms with E-state index in [4.69, 9.17) is 4.74 Å². The summed E-state index contributed by atoms with van der Waals surface area (Å²) in [5.41, 5.74) is 1.52. The zero-order valence-electron chi connectivity index (χ0n) is 14.7. The molecule has 2 aliphatic rings. The van der Waals surface area contributed by atoms with E-state index >= 15 is 0 Å². The van der Waals surface area contributed by atoms with Gasteiger partial charge >= 0.3 is 5.97 Å². The second-order valence-corrected chi connectivity index (χ2v) is 7.29. The molecule has 0 radical (unpaired) electrons. The molecule has 1 heterocycles. The van der Waals surface area contributed by atoms with Crippen LogP contribution in [0.1, 0.15) is 39.7 Å². The maximum atomic E-state index is 13.5. The monoisotopic (exact) mass is 354 g/mol. The first-order valence-corrected chi connectivity index (χ1v) is 9.18. The van der Waals surface area contributed by atoms with Crippen molar-refractivity contribution in [3.63, 3.8) is 0 Å². The summed E-state index contributed by atoms with van der Waals surface area (Å²) >= 11 is 0. The second-order valence-electron chi connectivity index (χ2n) is 7.29. The van der Waals surface area contributed by atoms with Crippen molar-refractivity contribution in [3.8, 4) is 5.75 Å². The van der Waals surface area contributed by atoms with E-state index < -0.39 is 11.4 Å². The fraction of sp³-hybridized carbons (Fsp3) is 0.167. The van der Waals surface area contributed by atoms with E-state index in [1.54, 1.807) is 12.1 Å². The standard InChI is InChI=1S/C24H18O3/c25-22(17-11-5-2-6-12-17)24-15-19(16-9-3-1-4-10-16)21(24)18-13-7-8-14-20(18)27-23(24)26/h1-14,19,21H,15H2/t19?,21-,24+/m0/s1. The number of Topliss-reactive ketones (excluding diaryl/α,β-unsaturated/α-hetero) is 1. The lowest BCUT2D eigenvalue weighted by atomic mass is 9.47. The van der Waals surface area contributed by atoms with E-state index in [0.717, 1.165) is 11.1 Å². The van der Waals surface area contributed by atoms with Gasteiger partial charge in [0.25, 0.3) is 0 Å². The number of esters is 1. The molecule has 0 saturated heterocycles. The number of ether oxygens (including phenoxy) is 1. The summed E-state index contributed by atoms with van der Waals surface area (Å²) in [6.07, 6.45) is 0.475. The highest BCUT2D eigenvalue weighted by molar-refractivity contribution is 6.15. The minimum Gasteiger partial charge on any atom is -0.425 e. The molecule has 1 saturated carbocycles. The summed E-state index contributed by atoms with van der Waals surface area (Å²) in [7, 11) is 0. The fourth-order valence-corrected chi connectivity index (χ4v) is 4.67. The predicted octanol–water partition coefficient (Wildman–Crippen LogP) is 4.75. The van der Waals surface area contributed by atoms with Crippen LogP contribution >= 0.6 is 0 Å². The number of carbonyl (C=O) groups excluding carboxylic acids is 2. The Balaban J connectivity index is 1.66. The highest BCUT2D eigenvalue weighted by atomic mass is 16.5. The zero-order chi connectivity index (χ0) is 18.4. The maximum absolute atomic E-state index is 13.5. The van der Waals surface area contributed by atoms with Gasteiger partial charge in [-0.2, -0.15) is 0 Å². The molecule has 27 heavy (non-hydrogen) atoms. The molecule has 0 aromatic heterocycles. The molecular weight excluding hydrogens is 336 g/mol. The number of benzene rings is 3. The van der Waals surface area contributed by atoms with Gasteiger partial charge < -0.3 is 4.74 Å². The lowest BCUT2D eigenvalue weighted by Gasteiger charge is -2.54. The van der Waals surface area contributed by atoms with Crippen LogP contribution in [0, 0.1) is 5.41 Å². The highest BCUT2D eigenvalue weighted by Gasteiger charge is 2.67. The summed E-state index contributed by atoms with van der Waals surface area (Å²) in [6.45, 7) is 0. The van der Waals surface area contributed by atoms with Crippen LogP contribution in [0.25, 0.3) is 0 Å². The Morgan fingerprint density at radius 1 is 0.852 bits per heavy atom. The van der Waals surface area contributed by atoms with Crippen molar-refractivity contribution in [2.45, 2.75) is 18.3 Å². The largest absolute Gasteiger partial charge is 0.425 e. The molecule has 3 heteroatoms. The molecule has 1 fully saturated rings. The van der Waals surface area contributed by atoms with Gasteiger partial charge in [-0.15, -0.1) is 0 Å². The Hall–Kier alpha value is -3.20. The first kappa shape index (κ1) is 16.0. The second kappa shape index (κ2) is 5.92. The van der Waals surface area contributed by atoms with Gasteiger partial charge in [0, 0.05) is 17.0 Å². The molecule has 5 rings (SSSR count). The Morgan fingerprint density at radius 2 is 1.48 bits per heavy atom. The Kier molecular flexibility index (Phi) is 3.51. The molecule has 132 valence electrons. The van der Waals surface area contributed by atoms with Crippen LogP contribution in [0.4, 0.5) is 0 Å². The van der Waals surface area contributed by atoms with Gasteiger partial charge in [0.15, 0.2) is 5.78 Å². The Morgan fingerprint density at radius 3 is 2.22 bits per heavy atom. The van der Waals surface area contributed by atoms with E-state index in [1.165, 1.54) is 0 Å². The molecule has 3 aromatic carbocycles. The first-order chi connectivity index (χ1) is 13.2. The van der Waals surface area contributed by atoms with E-state index in [0.29, 0.717) is 17.7 Å². The first-order valence-electron chi connectivity index (χ1n) is 9.18. The fourth-order valence-electron chi connectivity index (χ4n) is 4.67. The van der Waals surface area contributed by atoms with Crippen LogP contribution in [0.5, 0.6) is 5.75 Å². The molecule has 1 aliphatic carbocycles. The minimum absolute atomic E-state index is 0.118. The predicted molar refractivity (Wildman–Crippen MR) is 102 cm³/mol. The third-order valence-corrected chi connectivity index (χ3v) is 5.97. The van der Waals surface area contributed by atoms with Crippen molar-refractivity contribution in [1.29, 1.82) is 0 Å². The van der Waals surface area contributed by atoms with Crippen molar-refractivity contribution in [2.75, 3.05) is 0 Å². The van der Waals surface area contributed by atoms with Gasteiger partial charge in [-0.05, 0) is 24.0 Å². The zero-order valence-corrected chi connectivity index (χ0v) is 14.7. The third-order valence-electron chi connectivity index (χ3n) is 5.97. The molecule has 3 nitrogen and oxygen atoms in total. The molecular formula is C24H18O3. The van der Waals surface area contributed by atoms with Gasteiger partial charge in [0.05, 0.1) is 0 Å². The average Bonchev–Trinajstić information content (AvgIpc) is 2.70. The van der Waals surface area contributed by atoms with Gasteiger partial charge in [0.2, 0.25) is 0 Å². The molecule has 1 unspecified atom stereocenters. The number of carbonyl (C=O) groups is 2. The summed E-state index contributed by atoms with van der Waals surface area (Å²) in [4.78, 5) is 26.6. The number of hydrogen-bond donors (Lipinski definition) is 0. The summed E-state index contributed by atoms with van der Waals surface area (Å²) < 4.78 is 5.64. The van der Waals surface area contributed by atoms with E-state index in [9.17, 15) is 9.59 Å². The molecule has 0 bridgehead atoms. The molecule has 0 spiro atoms. The van der Waals surface area contributed by atoms with Gasteiger partial charge in [-0.1, -0.05) is 78.9 Å². The third kappa shape index (κ3) is 2.21. The lowest BCUT2D eigenvalue weighted by molar-refractivity contribution is -0.153. The summed E-state index contributed by atoms with van der Waals surface area (Å²) in [5, 5.41) is 0. The lowest BCUT2D eigenvalue weighted by Crippen LogP contribution is -2.59. The maximum Gasteiger partial charge on any atom is 0.326 e. The number of fused-ring (bicyclic) bond motifs is 3. The Labute approximate surface area is 157 Å².